The molecule has 0 bridgehead atoms. The summed E-state index contributed by atoms with van der Waals surface area (Å²) in [6.07, 6.45) is 1.11. The van der Waals surface area contributed by atoms with Crippen molar-refractivity contribution >= 4 is 35.1 Å². The Morgan fingerprint density at radius 3 is 2.78 bits per heavy atom. The highest BCUT2D eigenvalue weighted by Gasteiger charge is 2.35. The summed E-state index contributed by atoms with van der Waals surface area (Å²) in [4.78, 5) is 13.9. The van der Waals surface area contributed by atoms with Crippen molar-refractivity contribution in [3.8, 4) is 0 Å². The van der Waals surface area contributed by atoms with Crippen LogP contribution in [0.2, 0.25) is 0 Å². The normalized spacial score (nSPS) is 23.9. The molecule has 1 fully saturated rings. The van der Waals surface area contributed by atoms with Crippen LogP contribution in [0, 0.1) is 0 Å². The molecule has 1 heterocycles. The van der Waals surface area contributed by atoms with Crippen LogP contribution in [-0.4, -0.2) is 73.0 Å². The highest BCUT2D eigenvalue weighted by Crippen LogP contribution is 2.43. The monoisotopic (exact) mass is 386 g/mol. The van der Waals surface area contributed by atoms with Gasteiger partial charge in [-0.15, -0.1) is 0 Å². The number of hydrogen-bond donors (Lipinski definition) is 2. The van der Waals surface area contributed by atoms with Crippen LogP contribution in [0.5, 0.6) is 0 Å². The van der Waals surface area contributed by atoms with E-state index >= 15 is 0 Å². The van der Waals surface area contributed by atoms with Crippen LogP contribution < -0.4 is 5.73 Å². The molecule has 10 heteroatoms. The molecule has 7 nitrogen and oxygen atoms in total. The predicted molar refractivity (Wildman–Crippen MR) is 95.8 cm³/mol. The first kappa shape index (κ1) is 21.3. The fourth-order valence-electron chi connectivity index (χ4n) is 2.22. The molecule has 1 aliphatic heterocycles. The van der Waals surface area contributed by atoms with Gasteiger partial charge >= 0.3 is 7.60 Å². The lowest BCUT2D eigenvalue weighted by Gasteiger charge is -2.25. The van der Waals surface area contributed by atoms with Gasteiger partial charge in [-0.25, -0.2) is 0 Å². The molecule has 1 amide bonds. The molecule has 0 aromatic carbocycles. The van der Waals surface area contributed by atoms with E-state index in [1.807, 2.05) is 0 Å². The molecule has 0 spiro atoms. The summed E-state index contributed by atoms with van der Waals surface area (Å²) in [5, 5.41) is 9.81. The number of nitrogens with zero attached hydrogens (tertiary/aromatic N) is 1. The number of β-amino-alcohol motifs (C(OH)–C–C–N with tert-alkyl or cyclic N) is 1. The standard InChI is InChI=1S/C13H27N2O5PS2/c1-19-21(2,18)20-10-11-8-12(16)9-15(11)13(17)4-3-6-22-23-7-5-14/h11-12,16H,3-10,14H2,1-2H3/t11-,12+,21?/m0/s1. The van der Waals surface area contributed by atoms with E-state index in [-0.39, 0.29) is 18.6 Å². The Morgan fingerprint density at radius 1 is 1.43 bits per heavy atom. The van der Waals surface area contributed by atoms with Gasteiger partial charge in [-0.3, -0.25) is 9.36 Å². The van der Waals surface area contributed by atoms with E-state index in [0.717, 1.165) is 17.9 Å². The first-order chi connectivity index (χ1) is 10.9. The molecular weight excluding hydrogens is 359 g/mol. The van der Waals surface area contributed by atoms with Crippen molar-refractivity contribution in [2.24, 2.45) is 5.73 Å². The summed E-state index contributed by atoms with van der Waals surface area (Å²) in [7, 11) is 1.68. The number of hydrogen-bond acceptors (Lipinski definition) is 8. The van der Waals surface area contributed by atoms with E-state index in [1.54, 1.807) is 26.5 Å². The molecule has 1 saturated heterocycles. The topological polar surface area (TPSA) is 102 Å². The summed E-state index contributed by atoms with van der Waals surface area (Å²) in [6.45, 7) is 2.47. The summed E-state index contributed by atoms with van der Waals surface area (Å²) in [5.74, 6) is 1.80. The third-order valence-electron chi connectivity index (χ3n) is 3.45. The Kier molecular flexibility index (Phi) is 10.2. The summed E-state index contributed by atoms with van der Waals surface area (Å²) in [6, 6.07) is -0.250. The van der Waals surface area contributed by atoms with Crippen molar-refractivity contribution in [3.05, 3.63) is 0 Å². The number of carbonyl (C=O) groups is 1. The summed E-state index contributed by atoms with van der Waals surface area (Å²) >= 11 is 0. The number of carbonyl (C=O) groups excluding carboxylic acids is 1. The van der Waals surface area contributed by atoms with E-state index in [4.69, 9.17) is 14.8 Å². The van der Waals surface area contributed by atoms with E-state index < -0.39 is 13.7 Å². The van der Waals surface area contributed by atoms with Gasteiger partial charge in [0.2, 0.25) is 5.91 Å². The Bertz CT molecular complexity index is 416. The molecule has 1 rings (SSSR count). The maximum Gasteiger partial charge on any atom is 0.327 e. The number of likely N-dealkylation sites (tertiary alicyclic amines) is 1. The van der Waals surface area contributed by atoms with Gasteiger partial charge in [-0.2, -0.15) is 0 Å². The number of amides is 1. The third kappa shape index (κ3) is 8.25. The highest BCUT2D eigenvalue weighted by atomic mass is 33.1. The van der Waals surface area contributed by atoms with Crippen molar-refractivity contribution in [2.45, 2.75) is 31.4 Å². The zero-order valence-electron chi connectivity index (χ0n) is 13.7. The van der Waals surface area contributed by atoms with Crippen molar-refractivity contribution in [3.63, 3.8) is 0 Å². The fraction of sp³-hybridized carbons (Fsp3) is 0.923. The van der Waals surface area contributed by atoms with Gasteiger partial charge in [0.1, 0.15) is 0 Å². The third-order valence-corrected chi connectivity index (χ3v) is 7.25. The Labute approximate surface area is 146 Å². The van der Waals surface area contributed by atoms with Crippen LogP contribution in [-0.2, 0) is 18.4 Å². The zero-order valence-corrected chi connectivity index (χ0v) is 16.2. The lowest BCUT2D eigenvalue weighted by Crippen LogP contribution is -2.38. The minimum atomic E-state index is -3.08. The van der Waals surface area contributed by atoms with Crippen LogP contribution in [0.4, 0.5) is 0 Å². The number of nitrogens with two attached hydrogens (primary N) is 1. The van der Waals surface area contributed by atoms with E-state index in [9.17, 15) is 14.5 Å². The Hall–Kier alpha value is 0.240. The average Bonchev–Trinajstić information content (AvgIpc) is 2.90. The second-order valence-electron chi connectivity index (χ2n) is 5.38. The first-order valence-corrected chi connectivity index (χ1v) is 12.1. The molecule has 136 valence electrons. The second kappa shape index (κ2) is 11.0. The lowest BCUT2D eigenvalue weighted by atomic mass is 10.2. The number of aliphatic hydroxyl groups is 1. The predicted octanol–water partition coefficient (Wildman–Crippen LogP) is 1.55. The molecular formula is C13H27N2O5PS2. The minimum Gasteiger partial charge on any atom is -0.391 e. The van der Waals surface area contributed by atoms with Gasteiger partial charge in [-0.1, -0.05) is 21.6 Å². The minimum absolute atomic E-state index is 0.00271. The molecule has 1 aliphatic rings. The molecule has 0 aromatic heterocycles. The molecule has 0 saturated carbocycles. The van der Waals surface area contributed by atoms with Gasteiger partial charge < -0.3 is 24.8 Å². The maximum atomic E-state index is 12.3. The quantitative estimate of drug-likeness (QED) is 0.313. The van der Waals surface area contributed by atoms with E-state index in [2.05, 4.69) is 0 Å². The average molecular weight is 386 g/mol. The number of rotatable bonds is 11. The van der Waals surface area contributed by atoms with Crippen LogP contribution in [0.3, 0.4) is 0 Å². The first-order valence-electron chi connectivity index (χ1n) is 7.59. The second-order valence-corrected chi connectivity index (χ2v) is 10.2. The van der Waals surface area contributed by atoms with E-state index in [1.165, 1.54) is 13.8 Å². The van der Waals surface area contributed by atoms with Crippen LogP contribution in [0.1, 0.15) is 19.3 Å². The molecule has 3 N–H and O–H groups in total. The highest BCUT2D eigenvalue weighted by molar-refractivity contribution is 8.76. The van der Waals surface area contributed by atoms with Gasteiger partial charge in [-0.05, 0) is 12.8 Å². The van der Waals surface area contributed by atoms with Gasteiger partial charge in [0.15, 0.2) is 0 Å². The lowest BCUT2D eigenvalue weighted by molar-refractivity contribution is -0.132. The van der Waals surface area contributed by atoms with Crippen molar-refractivity contribution in [1.82, 2.24) is 4.90 Å². The zero-order chi connectivity index (χ0) is 17.3. The van der Waals surface area contributed by atoms with Crippen molar-refractivity contribution < 1.29 is 23.5 Å². The van der Waals surface area contributed by atoms with Crippen LogP contribution in [0.25, 0.3) is 0 Å². The largest absolute Gasteiger partial charge is 0.391 e. The van der Waals surface area contributed by atoms with Crippen molar-refractivity contribution in [1.29, 1.82) is 0 Å². The molecule has 0 radical (unpaired) electrons. The fourth-order valence-corrected chi connectivity index (χ4v) is 4.71. The summed E-state index contributed by atoms with van der Waals surface area (Å²) < 4.78 is 21.8. The SMILES string of the molecule is COP(C)(=O)OC[C@@H]1C[C@@H](O)CN1C(=O)CCCSSCCN. The van der Waals surface area contributed by atoms with Crippen LogP contribution >= 0.6 is 29.2 Å². The van der Waals surface area contributed by atoms with E-state index in [0.29, 0.717) is 25.9 Å². The molecule has 0 aliphatic carbocycles. The molecule has 0 aromatic rings. The van der Waals surface area contributed by atoms with Gasteiger partial charge in [0, 0.05) is 44.8 Å². The molecule has 23 heavy (non-hydrogen) atoms. The van der Waals surface area contributed by atoms with Crippen LogP contribution in [0.15, 0.2) is 0 Å². The molecule has 3 atom stereocenters. The Balaban J connectivity index is 2.36. The Morgan fingerprint density at radius 2 is 2.13 bits per heavy atom. The maximum absolute atomic E-state index is 12.3. The molecule has 1 unspecified atom stereocenters. The smallest absolute Gasteiger partial charge is 0.327 e. The van der Waals surface area contributed by atoms with Crippen molar-refractivity contribution in [2.75, 3.05) is 45.0 Å². The van der Waals surface area contributed by atoms with Gasteiger partial charge in [0.25, 0.3) is 0 Å². The van der Waals surface area contributed by atoms with Gasteiger partial charge in [0.05, 0.1) is 18.8 Å². The number of aliphatic hydroxyl groups excluding tert-OH is 1. The summed E-state index contributed by atoms with van der Waals surface area (Å²) in [5.41, 5.74) is 5.41.